The van der Waals surface area contributed by atoms with E-state index in [4.69, 9.17) is 0 Å². The van der Waals surface area contributed by atoms with E-state index in [9.17, 15) is 9.59 Å². The van der Waals surface area contributed by atoms with Gasteiger partial charge in [0.05, 0.1) is 0 Å². The average Bonchev–Trinajstić information content (AvgIpc) is 2.72. The predicted molar refractivity (Wildman–Crippen MR) is 125 cm³/mol. The van der Waals surface area contributed by atoms with E-state index in [1.165, 1.54) is 6.42 Å². The minimum Gasteiger partial charge on any atom is -0.334 e. The van der Waals surface area contributed by atoms with Gasteiger partial charge in [-0.1, -0.05) is 62.4 Å². The Bertz CT molecular complexity index is 833. The minimum atomic E-state index is -0.788. The van der Waals surface area contributed by atoms with Crippen molar-refractivity contribution < 1.29 is 9.59 Å². The van der Waals surface area contributed by atoms with E-state index < -0.39 is 6.04 Å². The average molecular weight is 423 g/mol. The standard InChI is InChI=1S/C25H34N4O2/c1-18-14-19(2)16-29(15-18)17-20(3)26-25(31)28-23(21-10-6-4-7-11-21)24(30)27-22-12-8-5-9-13-22/h4-13,18-20,23H,14-17H2,1-3H3,(H,27,30)(H2,26,28,31)/t18-,19+,20-,23+/m0/s1. The van der Waals surface area contributed by atoms with Gasteiger partial charge in [-0.25, -0.2) is 4.79 Å². The van der Waals surface area contributed by atoms with Crippen molar-refractivity contribution in [1.29, 1.82) is 0 Å². The number of carbonyl (C=O) groups excluding carboxylic acids is 2. The van der Waals surface area contributed by atoms with Gasteiger partial charge < -0.3 is 20.9 Å². The SMILES string of the molecule is C[C@@H]1C[C@H](C)CN(C[C@H](C)NC(=O)N[C@@H](C(=O)Nc2ccccc2)c2ccccc2)C1. The Labute approximate surface area is 185 Å². The first kappa shape index (κ1) is 22.8. The maximum absolute atomic E-state index is 13.0. The number of benzene rings is 2. The van der Waals surface area contributed by atoms with Crippen LogP contribution in [-0.2, 0) is 4.79 Å². The molecule has 1 fully saturated rings. The molecule has 1 saturated heterocycles. The fraction of sp³-hybridized carbons (Fsp3) is 0.440. The van der Waals surface area contributed by atoms with E-state index in [0.29, 0.717) is 17.5 Å². The molecule has 3 amide bonds. The Hall–Kier alpha value is -2.86. The Morgan fingerprint density at radius 3 is 2.13 bits per heavy atom. The van der Waals surface area contributed by atoms with Gasteiger partial charge in [0, 0.05) is 31.4 Å². The first-order valence-corrected chi connectivity index (χ1v) is 11.1. The molecule has 0 spiro atoms. The zero-order chi connectivity index (χ0) is 22.2. The van der Waals surface area contributed by atoms with Crippen LogP contribution in [0.1, 0.15) is 38.8 Å². The van der Waals surface area contributed by atoms with Crippen molar-refractivity contribution in [2.75, 3.05) is 25.0 Å². The molecule has 31 heavy (non-hydrogen) atoms. The number of piperidine rings is 1. The summed E-state index contributed by atoms with van der Waals surface area (Å²) < 4.78 is 0. The lowest BCUT2D eigenvalue weighted by molar-refractivity contribution is -0.118. The quantitative estimate of drug-likeness (QED) is 0.631. The van der Waals surface area contributed by atoms with E-state index in [-0.39, 0.29) is 18.0 Å². The van der Waals surface area contributed by atoms with Gasteiger partial charge in [0.25, 0.3) is 5.91 Å². The molecule has 3 N–H and O–H groups in total. The van der Waals surface area contributed by atoms with Crippen LogP contribution in [0.4, 0.5) is 10.5 Å². The molecule has 0 radical (unpaired) electrons. The third kappa shape index (κ3) is 7.10. The van der Waals surface area contributed by atoms with E-state index >= 15 is 0 Å². The van der Waals surface area contributed by atoms with E-state index in [1.54, 1.807) is 0 Å². The smallest absolute Gasteiger partial charge is 0.315 e. The van der Waals surface area contributed by atoms with Crippen LogP contribution in [0, 0.1) is 11.8 Å². The molecule has 0 aromatic heterocycles. The summed E-state index contributed by atoms with van der Waals surface area (Å²) in [4.78, 5) is 28.1. The lowest BCUT2D eigenvalue weighted by atomic mass is 9.92. The molecule has 2 aromatic carbocycles. The minimum absolute atomic E-state index is 0.0221. The molecule has 2 aromatic rings. The summed E-state index contributed by atoms with van der Waals surface area (Å²) in [6.07, 6.45) is 1.26. The number of carbonyl (C=O) groups is 2. The normalized spacial score (nSPS) is 21.0. The molecule has 6 heteroatoms. The number of nitrogens with zero attached hydrogens (tertiary/aromatic N) is 1. The maximum Gasteiger partial charge on any atom is 0.315 e. The maximum atomic E-state index is 13.0. The Balaban J connectivity index is 1.61. The molecule has 0 unspecified atom stereocenters. The second kappa shape index (κ2) is 11.0. The number of rotatable bonds is 7. The lowest BCUT2D eigenvalue weighted by Gasteiger charge is -2.36. The van der Waals surface area contributed by atoms with Gasteiger partial charge in [-0.15, -0.1) is 0 Å². The van der Waals surface area contributed by atoms with Crippen molar-refractivity contribution in [3.8, 4) is 0 Å². The number of hydrogen-bond donors (Lipinski definition) is 3. The van der Waals surface area contributed by atoms with Crippen LogP contribution in [0.25, 0.3) is 0 Å². The van der Waals surface area contributed by atoms with Crippen molar-refractivity contribution in [1.82, 2.24) is 15.5 Å². The second-order valence-electron chi connectivity index (χ2n) is 8.88. The molecular formula is C25H34N4O2. The Kier molecular flexibility index (Phi) is 8.06. The van der Waals surface area contributed by atoms with Crippen LogP contribution in [0.5, 0.6) is 0 Å². The fourth-order valence-corrected chi connectivity index (χ4v) is 4.45. The summed E-state index contributed by atoms with van der Waals surface area (Å²) in [6.45, 7) is 9.49. The summed E-state index contributed by atoms with van der Waals surface area (Å²) in [5.74, 6) is 1.07. The lowest BCUT2D eigenvalue weighted by Crippen LogP contribution is -2.50. The van der Waals surface area contributed by atoms with Crippen molar-refractivity contribution in [2.45, 2.75) is 39.3 Å². The molecule has 6 nitrogen and oxygen atoms in total. The van der Waals surface area contributed by atoms with Crippen molar-refractivity contribution in [3.05, 3.63) is 66.2 Å². The number of anilines is 1. The van der Waals surface area contributed by atoms with Gasteiger partial charge in [-0.2, -0.15) is 0 Å². The van der Waals surface area contributed by atoms with Crippen LogP contribution in [0.15, 0.2) is 60.7 Å². The third-order valence-corrected chi connectivity index (χ3v) is 5.57. The highest BCUT2D eigenvalue weighted by Crippen LogP contribution is 2.21. The number of likely N-dealkylation sites (tertiary alicyclic amines) is 1. The molecule has 0 saturated carbocycles. The zero-order valence-electron chi connectivity index (χ0n) is 18.7. The summed E-state index contributed by atoms with van der Waals surface area (Å²) in [7, 11) is 0. The number of amides is 3. The predicted octanol–water partition coefficient (Wildman–Crippen LogP) is 4.03. The van der Waals surface area contributed by atoms with Crippen molar-refractivity contribution >= 4 is 17.6 Å². The topological polar surface area (TPSA) is 73.5 Å². The summed E-state index contributed by atoms with van der Waals surface area (Å²) in [5, 5.41) is 8.75. The Morgan fingerprint density at radius 2 is 1.52 bits per heavy atom. The first-order valence-electron chi connectivity index (χ1n) is 11.1. The number of urea groups is 1. The Morgan fingerprint density at radius 1 is 0.935 bits per heavy atom. The van der Waals surface area contributed by atoms with Crippen LogP contribution >= 0.6 is 0 Å². The molecule has 166 valence electrons. The molecule has 4 atom stereocenters. The van der Waals surface area contributed by atoms with Crippen LogP contribution < -0.4 is 16.0 Å². The molecule has 3 rings (SSSR count). The largest absolute Gasteiger partial charge is 0.334 e. The first-order chi connectivity index (χ1) is 14.9. The number of hydrogen-bond acceptors (Lipinski definition) is 3. The molecule has 1 aliphatic heterocycles. The van der Waals surface area contributed by atoms with Gasteiger partial charge in [0.2, 0.25) is 0 Å². The van der Waals surface area contributed by atoms with Crippen molar-refractivity contribution in [3.63, 3.8) is 0 Å². The molecule has 0 bridgehead atoms. The third-order valence-electron chi connectivity index (χ3n) is 5.57. The van der Waals surface area contributed by atoms with Gasteiger partial charge in [0.15, 0.2) is 0 Å². The van der Waals surface area contributed by atoms with Crippen molar-refractivity contribution in [2.24, 2.45) is 11.8 Å². The zero-order valence-corrected chi connectivity index (χ0v) is 18.7. The van der Waals surface area contributed by atoms with E-state index in [1.807, 2.05) is 67.6 Å². The highest BCUT2D eigenvalue weighted by molar-refractivity contribution is 5.97. The fourth-order valence-electron chi connectivity index (χ4n) is 4.45. The van der Waals surface area contributed by atoms with Gasteiger partial charge in [0.1, 0.15) is 6.04 Å². The monoisotopic (exact) mass is 422 g/mol. The van der Waals surface area contributed by atoms with Gasteiger partial charge in [-0.05, 0) is 42.9 Å². The van der Waals surface area contributed by atoms with E-state index in [2.05, 4.69) is 34.7 Å². The summed E-state index contributed by atoms with van der Waals surface area (Å²) >= 11 is 0. The molecule has 0 aliphatic carbocycles. The van der Waals surface area contributed by atoms with Gasteiger partial charge >= 0.3 is 6.03 Å². The second-order valence-corrected chi connectivity index (χ2v) is 8.88. The van der Waals surface area contributed by atoms with Gasteiger partial charge in [-0.3, -0.25) is 4.79 Å². The van der Waals surface area contributed by atoms with Crippen LogP contribution in [0.2, 0.25) is 0 Å². The number of para-hydroxylation sites is 1. The summed E-state index contributed by atoms with van der Waals surface area (Å²) in [5.41, 5.74) is 1.43. The highest BCUT2D eigenvalue weighted by atomic mass is 16.2. The van der Waals surface area contributed by atoms with Crippen LogP contribution in [0.3, 0.4) is 0 Å². The summed E-state index contributed by atoms with van der Waals surface area (Å²) in [6, 6.07) is 17.4. The number of nitrogens with one attached hydrogen (secondary N) is 3. The molecular weight excluding hydrogens is 388 g/mol. The highest BCUT2D eigenvalue weighted by Gasteiger charge is 2.25. The van der Waals surface area contributed by atoms with Crippen LogP contribution in [-0.4, -0.2) is 42.5 Å². The molecule has 1 aliphatic rings. The van der Waals surface area contributed by atoms with E-state index in [0.717, 1.165) is 25.2 Å². The molecule has 1 heterocycles.